The average molecular weight is 237 g/mol. The van der Waals surface area contributed by atoms with E-state index in [1.54, 1.807) is 19.1 Å². The molecule has 0 saturated heterocycles. The van der Waals surface area contributed by atoms with Gasteiger partial charge in [-0.2, -0.15) is 0 Å². The number of ether oxygens (including phenoxy) is 1. The van der Waals surface area contributed by atoms with Crippen LogP contribution in [0.4, 0.5) is 5.69 Å². The predicted octanol–water partition coefficient (Wildman–Crippen LogP) is 2.09. The van der Waals surface area contributed by atoms with Gasteiger partial charge in [-0.05, 0) is 32.4 Å². The quantitative estimate of drug-likeness (QED) is 0.797. The number of hydrogen-bond donors (Lipinski definition) is 1. The zero-order chi connectivity index (χ0) is 12.8. The molecular formula is C13H19NO3. The first-order valence-corrected chi connectivity index (χ1v) is 5.78. The molecule has 0 heterocycles. The van der Waals surface area contributed by atoms with Gasteiger partial charge in [-0.15, -0.1) is 0 Å². The van der Waals surface area contributed by atoms with Gasteiger partial charge in [0.2, 0.25) is 0 Å². The first-order valence-electron chi connectivity index (χ1n) is 5.78. The Morgan fingerprint density at radius 2 is 2.12 bits per heavy atom. The molecule has 1 aromatic rings. The van der Waals surface area contributed by atoms with E-state index in [2.05, 4.69) is 0 Å². The van der Waals surface area contributed by atoms with E-state index in [4.69, 9.17) is 4.74 Å². The van der Waals surface area contributed by atoms with Crippen molar-refractivity contribution in [3.8, 4) is 5.75 Å². The van der Waals surface area contributed by atoms with E-state index in [9.17, 15) is 9.90 Å². The highest BCUT2D eigenvalue weighted by Crippen LogP contribution is 2.24. The Kier molecular flexibility index (Phi) is 4.82. The number of benzene rings is 1. The summed E-state index contributed by atoms with van der Waals surface area (Å²) in [5.74, 6) is -0.0509. The van der Waals surface area contributed by atoms with Crippen molar-refractivity contribution < 1.29 is 14.6 Å². The molecule has 0 spiro atoms. The van der Waals surface area contributed by atoms with E-state index in [-0.39, 0.29) is 18.3 Å². The molecule has 4 nitrogen and oxygen atoms in total. The molecule has 94 valence electrons. The number of phenols is 1. The van der Waals surface area contributed by atoms with Gasteiger partial charge in [0.05, 0.1) is 6.61 Å². The Balaban J connectivity index is 2.85. The molecule has 0 unspecified atom stereocenters. The molecule has 0 radical (unpaired) electrons. The van der Waals surface area contributed by atoms with Crippen LogP contribution in [0.5, 0.6) is 5.75 Å². The van der Waals surface area contributed by atoms with Crippen LogP contribution in [0.1, 0.15) is 19.4 Å². The predicted molar refractivity (Wildman–Crippen MR) is 67.4 cm³/mol. The summed E-state index contributed by atoms with van der Waals surface area (Å²) in [6, 6.07) is 5.13. The maximum Gasteiger partial charge on any atom is 0.325 e. The van der Waals surface area contributed by atoms with Gasteiger partial charge in [0.1, 0.15) is 12.3 Å². The molecule has 17 heavy (non-hydrogen) atoms. The van der Waals surface area contributed by atoms with Gasteiger partial charge < -0.3 is 14.7 Å². The molecular weight excluding hydrogens is 218 g/mol. The number of aryl methyl sites for hydroxylation is 1. The lowest BCUT2D eigenvalue weighted by molar-refractivity contribution is -0.141. The average Bonchev–Trinajstić information content (AvgIpc) is 2.30. The van der Waals surface area contributed by atoms with Crippen LogP contribution in [0.15, 0.2) is 18.2 Å². The summed E-state index contributed by atoms with van der Waals surface area (Å²) >= 11 is 0. The summed E-state index contributed by atoms with van der Waals surface area (Å²) < 4.78 is 4.92. The second-order valence-corrected chi connectivity index (χ2v) is 3.79. The minimum Gasteiger partial charge on any atom is -0.508 e. The zero-order valence-electron chi connectivity index (χ0n) is 10.6. The summed E-state index contributed by atoms with van der Waals surface area (Å²) in [5, 5.41) is 9.48. The molecule has 0 bridgehead atoms. The van der Waals surface area contributed by atoms with E-state index in [0.717, 1.165) is 11.3 Å². The van der Waals surface area contributed by atoms with Crippen LogP contribution in [0, 0.1) is 6.92 Å². The van der Waals surface area contributed by atoms with Gasteiger partial charge in [0, 0.05) is 18.3 Å². The van der Waals surface area contributed by atoms with E-state index in [1.165, 1.54) is 0 Å². The number of nitrogens with zero attached hydrogens (tertiary/aromatic N) is 1. The molecule has 0 amide bonds. The lowest BCUT2D eigenvalue weighted by Crippen LogP contribution is -2.31. The van der Waals surface area contributed by atoms with Crippen LogP contribution in [-0.4, -0.2) is 30.8 Å². The van der Waals surface area contributed by atoms with Crippen LogP contribution in [0.25, 0.3) is 0 Å². The highest BCUT2D eigenvalue weighted by atomic mass is 16.5. The van der Waals surface area contributed by atoms with Crippen LogP contribution in [0.3, 0.4) is 0 Å². The Bertz CT molecular complexity index is 390. The van der Waals surface area contributed by atoms with E-state index >= 15 is 0 Å². The lowest BCUT2D eigenvalue weighted by Gasteiger charge is -2.23. The third-order valence-electron chi connectivity index (χ3n) is 2.54. The standard InChI is InChI=1S/C13H19NO3/c1-4-14(9-13(16)17-5-2)12-8-11(15)7-6-10(12)3/h6-8,15H,4-5,9H2,1-3H3. The first kappa shape index (κ1) is 13.4. The third kappa shape index (κ3) is 3.66. The largest absolute Gasteiger partial charge is 0.508 e. The summed E-state index contributed by atoms with van der Waals surface area (Å²) in [4.78, 5) is 13.3. The molecule has 0 fully saturated rings. The molecule has 0 atom stereocenters. The van der Waals surface area contributed by atoms with E-state index < -0.39 is 0 Å². The Hall–Kier alpha value is -1.71. The molecule has 1 N–H and O–H groups in total. The molecule has 0 aliphatic heterocycles. The number of carbonyl (C=O) groups excluding carboxylic acids is 1. The third-order valence-corrected chi connectivity index (χ3v) is 2.54. The van der Waals surface area contributed by atoms with Crippen LogP contribution < -0.4 is 4.90 Å². The minimum atomic E-state index is -0.253. The number of aromatic hydroxyl groups is 1. The van der Waals surface area contributed by atoms with E-state index in [1.807, 2.05) is 24.8 Å². The van der Waals surface area contributed by atoms with Gasteiger partial charge in [-0.25, -0.2) is 0 Å². The zero-order valence-corrected chi connectivity index (χ0v) is 10.6. The van der Waals surface area contributed by atoms with Crippen molar-refractivity contribution in [1.29, 1.82) is 0 Å². The summed E-state index contributed by atoms with van der Waals surface area (Å²) in [5.41, 5.74) is 1.88. The maximum absolute atomic E-state index is 11.5. The van der Waals surface area contributed by atoms with Crippen molar-refractivity contribution in [2.75, 3.05) is 24.6 Å². The smallest absolute Gasteiger partial charge is 0.325 e. The number of anilines is 1. The molecule has 0 saturated carbocycles. The maximum atomic E-state index is 11.5. The monoisotopic (exact) mass is 237 g/mol. The molecule has 1 rings (SSSR count). The van der Waals surface area contributed by atoms with Crippen molar-refractivity contribution in [3.63, 3.8) is 0 Å². The second-order valence-electron chi connectivity index (χ2n) is 3.79. The fourth-order valence-corrected chi connectivity index (χ4v) is 1.67. The summed E-state index contributed by atoms with van der Waals surface area (Å²) in [6.07, 6.45) is 0. The van der Waals surface area contributed by atoms with E-state index in [0.29, 0.717) is 13.2 Å². The molecule has 0 aliphatic rings. The Morgan fingerprint density at radius 3 is 2.71 bits per heavy atom. The van der Waals surface area contributed by atoms with Gasteiger partial charge in [0.25, 0.3) is 0 Å². The minimum absolute atomic E-state index is 0.202. The van der Waals surface area contributed by atoms with Crippen LogP contribution >= 0.6 is 0 Å². The molecule has 4 heteroatoms. The second kappa shape index (κ2) is 6.13. The number of hydrogen-bond acceptors (Lipinski definition) is 4. The Morgan fingerprint density at radius 1 is 1.41 bits per heavy atom. The number of esters is 1. The molecule has 0 aromatic heterocycles. The molecule has 1 aromatic carbocycles. The number of phenolic OH excluding ortho intramolecular Hbond substituents is 1. The first-order chi connectivity index (χ1) is 8.08. The van der Waals surface area contributed by atoms with Crippen molar-refractivity contribution >= 4 is 11.7 Å². The van der Waals surface area contributed by atoms with Gasteiger partial charge in [-0.3, -0.25) is 4.79 Å². The Labute approximate surface area is 102 Å². The topological polar surface area (TPSA) is 49.8 Å². The van der Waals surface area contributed by atoms with Crippen LogP contribution in [-0.2, 0) is 9.53 Å². The SMILES string of the molecule is CCOC(=O)CN(CC)c1cc(O)ccc1C. The van der Waals surface area contributed by atoms with Crippen LogP contribution in [0.2, 0.25) is 0 Å². The van der Waals surface area contributed by atoms with Gasteiger partial charge in [0.15, 0.2) is 0 Å². The number of carbonyl (C=O) groups is 1. The van der Waals surface area contributed by atoms with Gasteiger partial charge in [-0.1, -0.05) is 6.07 Å². The highest BCUT2D eigenvalue weighted by Gasteiger charge is 2.13. The summed E-state index contributed by atoms with van der Waals surface area (Å²) in [6.45, 7) is 6.96. The fraction of sp³-hybridized carbons (Fsp3) is 0.462. The van der Waals surface area contributed by atoms with Crippen molar-refractivity contribution in [1.82, 2.24) is 0 Å². The van der Waals surface area contributed by atoms with Crippen molar-refractivity contribution in [3.05, 3.63) is 23.8 Å². The lowest BCUT2D eigenvalue weighted by atomic mass is 10.1. The van der Waals surface area contributed by atoms with Crippen molar-refractivity contribution in [2.45, 2.75) is 20.8 Å². The molecule has 0 aliphatic carbocycles. The fourth-order valence-electron chi connectivity index (χ4n) is 1.67. The highest BCUT2D eigenvalue weighted by molar-refractivity contribution is 5.76. The summed E-state index contributed by atoms with van der Waals surface area (Å²) in [7, 11) is 0. The van der Waals surface area contributed by atoms with Crippen molar-refractivity contribution in [2.24, 2.45) is 0 Å². The number of likely N-dealkylation sites (N-methyl/N-ethyl adjacent to an activating group) is 1. The number of rotatable bonds is 5. The van der Waals surface area contributed by atoms with Gasteiger partial charge >= 0.3 is 5.97 Å². The normalized spacial score (nSPS) is 10.1.